The Morgan fingerprint density at radius 1 is 1.04 bits per heavy atom. The van der Waals surface area contributed by atoms with E-state index in [9.17, 15) is 5.11 Å². The third-order valence-electron chi connectivity index (χ3n) is 5.21. The largest absolute Gasteiger partial charge is 0.486 e. The van der Waals surface area contributed by atoms with Gasteiger partial charge < -0.3 is 19.5 Å². The Morgan fingerprint density at radius 2 is 1.84 bits per heavy atom. The van der Waals surface area contributed by atoms with Gasteiger partial charge in [0.1, 0.15) is 13.2 Å². The SMILES string of the molecule is O[C@@H](CCN1CC[C@H](c2ccccc2)C1)c1ccc2c(c1)OCCO2. The number of nitrogens with zero attached hydrogens (tertiary/aromatic N) is 1. The van der Waals surface area contributed by atoms with E-state index in [1.165, 1.54) is 12.0 Å². The standard InChI is InChI=1S/C21H25NO3/c23-19(17-6-7-20-21(14-17)25-13-12-24-20)9-11-22-10-8-18(15-22)16-4-2-1-3-5-16/h1-7,14,18-19,23H,8-13,15H2/t18-,19-/m0/s1. The topological polar surface area (TPSA) is 41.9 Å². The van der Waals surface area contributed by atoms with Crippen LogP contribution >= 0.6 is 0 Å². The summed E-state index contributed by atoms with van der Waals surface area (Å²) in [6.45, 7) is 4.26. The van der Waals surface area contributed by atoms with E-state index in [-0.39, 0.29) is 0 Å². The minimum atomic E-state index is -0.466. The molecule has 0 amide bonds. The number of aliphatic hydroxyl groups excluding tert-OH is 1. The van der Waals surface area contributed by atoms with Crippen LogP contribution in [0.1, 0.15) is 36.0 Å². The summed E-state index contributed by atoms with van der Waals surface area (Å²) < 4.78 is 11.1. The van der Waals surface area contributed by atoms with Crippen molar-refractivity contribution in [2.45, 2.75) is 24.9 Å². The number of hydrogen-bond acceptors (Lipinski definition) is 4. The first-order chi connectivity index (χ1) is 12.3. The second-order valence-corrected chi connectivity index (χ2v) is 6.90. The molecule has 4 nitrogen and oxygen atoms in total. The number of rotatable bonds is 5. The number of fused-ring (bicyclic) bond motifs is 1. The van der Waals surface area contributed by atoms with Crippen molar-refractivity contribution in [2.24, 2.45) is 0 Å². The second-order valence-electron chi connectivity index (χ2n) is 6.90. The van der Waals surface area contributed by atoms with Crippen molar-refractivity contribution >= 4 is 0 Å². The van der Waals surface area contributed by atoms with Crippen molar-refractivity contribution in [2.75, 3.05) is 32.8 Å². The summed E-state index contributed by atoms with van der Waals surface area (Å²) in [5, 5.41) is 10.5. The van der Waals surface area contributed by atoms with Crippen molar-refractivity contribution in [1.29, 1.82) is 0 Å². The number of likely N-dealkylation sites (tertiary alicyclic amines) is 1. The van der Waals surface area contributed by atoms with Gasteiger partial charge in [0.05, 0.1) is 6.10 Å². The molecule has 1 fully saturated rings. The first-order valence-corrected chi connectivity index (χ1v) is 9.14. The number of ether oxygens (including phenoxy) is 2. The third kappa shape index (κ3) is 3.80. The third-order valence-corrected chi connectivity index (χ3v) is 5.21. The van der Waals surface area contributed by atoms with E-state index >= 15 is 0 Å². The van der Waals surface area contributed by atoms with Crippen molar-refractivity contribution in [3.63, 3.8) is 0 Å². The Hall–Kier alpha value is -2.04. The molecule has 2 aromatic rings. The Labute approximate surface area is 149 Å². The minimum absolute atomic E-state index is 0.466. The van der Waals surface area contributed by atoms with Gasteiger partial charge in [0.25, 0.3) is 0 Å². The van der Waals surface area contributed by atoms with Gasteiger partial charge in [-0.25, -0.2) is 0 Å². The molecule has 0 saturated carbocycles. The van der Waals surface area contributed by atoms with Gasteiger partial charge in [0, 0.05) is 13.1 Å². The van der Waals surface area contributed by atoms with Crippen LogP contribution in [0.4, 0.5) is 0 Å². The van der Waals surface area contributed by atoms with Crippen LogP contribution in [0.15, 0.2) is 48.5 Å². The molecular formula is C21H25NO3. The quantitative estimate of drug-likeness (QED) is 0.907. The first kappa shape index (κ1) is 16.4. The lowest BCUT2D eigenvalue weighted by molar-refractivity contribution is 0.145. The van der Waals surface area contributed by atoms with E-state index in [4.69, 9.17) is 9.47 Å². The predicted octanol–water partition coefficient (Wildman–Crippen LogP) is 3.37. The molecule has 0 radical (unpaired) electrons. The summed E-state index contributed by atoms with van der Waals surface area (Å²) in [4.78, 5) is 2.46. The maximum absolute atomic E-state index is 10.5. The van der Waals surface area contributed by atoms with Crippen LogP contribution < -0.4 is 9.47 Å². The summed E-state index contributed by atoms with van der Waals surface area (Å²) in [6, 6.07) is 16.5. The smallest absolute Gasteiger partial charge is 0.161 e. The van der Waals surface area contributed by atoms with E-state index < -0.39 is 6.10 Å². The van der Waals surface area contributed by atoms with E-state index in [0.29, 0.717) is 19.1 Å². The van der Waals surface area contributed by atoms with Gasteiger partial charge in [-0.3, -0.25) is 0 Å². The van der Waals surface area contributed by atoms with Crippen LogP contribution in [0.5, 0.6) is 11.5 Å². The molecule has 2 heterocycles. The lowest BCUT2D eigenvalue weighted by Crippen LogP contribution is -2.23. The predicted molar refractivity (Wildman–Crippen MR) is 97.2 cm³/mol. The molecule has 4 heteroatoms. The Balaban J connectivity index is 1.31. The van der Waals surface area contributed by atoms with Crippen LogP contribution in [-0.2, 0) is 0 Å². The highest BCUT2D eigenvalue weighted by atomic mass is 16.6. The van der Waals surface area contributed by atoms with Crippen LogP contribution in [0.3, 0.4) is 0 Å². The number of benzene rings is 2. The summed E-state index contributed by atoms with van der Waals surface area (Å²) in [5.74, 6) is 2.13. The molecule has 0 bridgehead atoms. The summed E-state index contributed by atoms with van der Waals surface area (Å²) in [7, 11) is 0. The van der Waals surface area contributed by atoms with E-state index in [0.717, 1.165) is 43.1 Å². The maximum atomic E-state index is 10.5. The molecule has 132 valence electrons. The van der Waals surface area contributed by atoms with Gasteiger partial charge in [-0.2, -0.15) is 0 Å². The average molecular weight is 339 g/mol. The highest BCUT2D eigenvalue weighted by Gasteiger charge is 2.24. The van der Waals surface area contributed by atoms with Crippen LogP contribution in [-0.4, -0.2) is 42.9 Å². The molecule has 25 heavy (non-hydrogen) atoms. The summed E-state index contributed by atoms with van der Waals surface area (Å²) >= 11 is 0. The lowest BCUT2D eigenvalue weighted by atomic mass is 9.99. The number of aliphatic hydroxyl groups is 1. The van der Waals surface area contributed by atoms with Gasteiger partial charge in [0.15, 0.2) is 11.5 Å². The molecule has 2 aromatic carbocycles. The van der Waals surface area contributed by atoms with Gasteiger partial charge in [-0.1, -0.05) is 36.4 Å². The van der Waals surface area contributed by atoms with Crippen molar-refractivity contribution < 1.29 is 14.6 Å². The van der Waals surface area contributed by atoms with E-state index in [1.807, 2.05) is 18.2 Å². The fourth-order valence-electron chi connectivity index (χ4n) is 3.77. The van der Waals surface area contributed by atoms with Crippen LogP contribution in [0.25, 0.3) is 0 Å². The highest BCUT2D eigenvalue weighted by Crippen LogP contribution is 2.34. The first-order valence-electron chi connectivity index (χ1n) is 9.14. The molecule has 4 rings (SSSR count). The zero-order valence-corrected chi connectivity index (χ0v) is 14.4. The molecular weight excluding hydrogens is 314 g/mol. The van der Waals surface area contributed by atoms with Crippen molar-refractivity contribution in [1.82, 2.24) is 4.90 Å². The Kier molecular flexibility index (Phi) is 4.90. The molecule has 0 aromatic heterocycles. The fourth-order valence-corrected chi connectivity index (χ4v) is 3.77. The molecule has 0 unspecified atom stereocenters. The molecule has 0 aliphatic carbocycles. The fraction of sp³-hybridized carbons (Fsp3) is 0.429. The molecule has 2 atom stereocenters. The summed E-state index contributed by atoms with van der Waals surface area (Å²) in [6.07, 6.45) is 1.47. The zero-order valence-electron chi connectivity index (χ0n) is 14.4. The van der Waals surface area contributed by atoms with Gasteiger partial charge in [-0.15, -0.1) is 0 Å². The summed E-state index contributed by atoms with van der Waals surface area (Å²) in [5.41, 5.74) is 2.33. The minimum Gasteiger partial charge on any atom is -0.486 e. The van der Waals surface area contributed by atoms with E-state index in [2.05, 4.69) is 35.2 Å². The Morgan fingerprint density at radius 3 is 2.68 bits per heavy atom. The van der Waals surface area contributed by atoms with Gasteiger partial charge >= 0.3 is 0 Å². The lowest BCUT2D eigenvalue weighted by Gasteiger charge is -2.21. The Bertz CT molecular complexity index is 704. The number of hydrogen-bond donors (Lipinski definition) is 1. The van der Waals surface area contributed by atoms with Crippen LogP contribution in [0.2, 0.25) is 0 Å². The van der Waals surface area contributed by atoms with E-state index in [1.54, 1.807) is 0 Å². The zero-order chi connectivity index (χ0) is 17.1. The van der Waals surface area contributed by atoms with Crippen molar-refractivity contribution in [3.05, 3.63) is 59.7 Å². The normalized spacial score (nSPS) is 21.2. The second kappa shape index (κ2) is 7.46. The molecule has 2 aliphatic rings. The van der Waals surface area contributed by atoms with Crippen LogP contribution in [0, 0.1) is 0 Å². The van der Waals surface area contributed by atoms with Crippen molar-refractivity contribution in [3.8, 4) is 11.5 Å². The van der Waals surface area contributed by atoms with Gasteiger partial charge in [-0.05, 0) is 48.6 Å². The molecule has 1 saturated heterocycles. The highest BCUT2D eigenvalue weighted by molar-refractivity contribution is 5.44. The monoisotopic (exact) mass is 339 g/mol. The average Bonchev–Trinajstić information content (AvgIpc) is 3.15. The molecule has 1 N–H and O–H groups in total. The van der Waals surface area contributed by atoms with Gasteiger partial charge in [0.2, 0.25) is 0 Å². The maximum Gasteiger partial charge on any atom is 0.161 e. The molecule has 0 spiro atoms. The molecule has 2 aliphatic heterocycles.